The number of allylic oxidation sites excluding steroid dienone is 1. The molecule has 0 amide bonds. The fraction of sp³-hybridized carbons (Fsp3) is 0.273. The van der Waals surface area contributed by atoms with Crippen LogP contribution in [0.2, 0.25) is 0 Å². The summed E-state index contributed by atoms with van der Waals surface area (Å²) in [5.74, 6) is 0.196. The average Bonchev–Trinajstić information content (AvgIpc) is 3.03. The molecule has 4 rings (SSSR count). The van der Waals surface area contributed by atoms with Crippen molar-refractivity contribution in [2.45, 2.75) is 32.1 Å². The van der Waals surface area contributed by atoms with Crippen LogP contribution < -0.4 is 9.47 Å². The molecule has 0 spiro atoms. The molecule has 0 atom stereocenters. The van der Waals surface area contributed by atoms with Gasteiger partial charge in [0.2, 0.25) is 5.78 Å². The van der Waals surface area contributed by atoms with Crippen molar-refractivity contribution in [1.82, 2.24) is 0 Å². The zero-order chi connectivity index (χ0) is 20.4. The molecular weight excluding hydrogens is 374 g/mol. The van der Waals surface area contributed by atoms with Crippen LogP contribution in [0.5, 0.6) is 11.5 Å². The third-order valence-electron chi connectivity index (χ3n) is 5.20. The molecule has 0 radical (unpaired) electrons. The first-order valence-electron chi connectivity index (χ1n) is 9.56. The molecular formula is C22H19NO6. The Hall–Kier alpha value is -3.48. The minimum absolute atomic E-state index is 0.0291. The maximum absolute atomic E-state index is 12.5. The molecule has 7 heteroatoms. The molecule has 29 heavy (non-hydrogen) atoms. The van der Waals surface area contributed by atoms with E-state index in [-0.39, 0.29) is 29.1 Å². The lowest BCUT2D eigenvalue weighted by Crippen LogP contribution is -2.22. The number of fused-ring (bicyclic) bond motifs is 1. The molecule has 2 aromatic rings. The van der Waals surface area contributed by atoms with Gasteiger partial charge in [-0.3, -0.25) is 19.7 Å². The molecule has 0 saturated heterocycles. The lowest BCUT2D eigenvalue weighted by atomic mass is 9.89. The molecule has 1 heterocycles. The largest absolute Gasteiger partial charge is 0.452 e. The number of carbonyl (C=O) groups is 2. The SMILES string of the molecule is O=C1/C(=C/c2ccc([N+](=O)[O-])cc2)Oc2cc(OC(=O)C3CCCCC3)ccc21. The highest BCUT2D eigenvalue weighted by Gasteiger charge is 2.29. The van der Waals surface area contributed by atoms with Crippen LogP contribution in [0.1, 0.15) is 48.0 Å². The van der Waals surface area contributed by atoms with E-state index in [4.69, 9.17) is 9.47 Å². The van der Waals surface area contributed by atoms with Crippen molar-refractivity contribution < 1.29 is 24.0 Å². The number of ketones is 1. The second kappa shape index (κ2) is 7.87. The Morgan fingerprint density at radius 3 is 2.52 bits per heavy atom. The molecule has 0 aromatic heterocycles. The second-order valence-electron chi connectivity index (χ2n) is 7.20. The Kier molecular flexibility index (Phi) is 5.12. The third-order valence-corrected chi connectivity index (χ3v) is 5.20. The minimum Gasteiger partial charge on any atom is -0.452 e. The molecule has 0 bridgehead atoms. The molecule has 0 N–H and O–H groups in total. The van der Waals surface area contributed by atoms with E-state index < -0.39 is 4.92 Å². The first-order valence-corrected chi connectivity index (χ1v) is 9.56. The molecule has 1 saturated carbocycles. The van der Waals surface area contributed by atoms with Crippen molar-refractivity contribution in [2.75, 3.05) is 0 Å². The number of Topliss-reactive ketones (excluding diaryl/α,β-unsaturated/α-hetero) is 1. The number of esters is 1. The summed E-state index contributed by atoms with van der Waals surface area (Å²) in [5, 5.41) is 10.7. The highest BCUT2D eigenvalue weighted by atomic mass is 16.6. The number of nitrogens with zero attached hydrogens (tertiary/aromatic N) is 1. The lowest BCUT2D eigenvalue weighted by molar-refractivity contribution is -0.384. The summed E-state index contributed by atoms with van der Waals surface area (Å²) in [4.78, 5) is 35.1. The number of hydrogen-bond acceptors (Lipinski definition) is 6. The molecule has 1 aliphatic carbocycles. The van der Waals surface area contributed by atoms with Gasteiger partial charge in [0.15, 0.2) is 5.76 Å². The Labute approximate surface area is 167 Å². The molecule has 1 aliphatic heterocycles. The normalized spacial score (nSPS) is 17.7. The van der Waals surface area contributed by atoms with Gasteiger partial charge in [-0.15, -0.1) is 0 Å². The first kappa shape index (κ1) is 18.9. The van der Waals surface area contributed by atoms with E-state index in [9.17, 15) is 19.7 Å². The van der Waals surface area contributed by atoms with Crippen LogP contribution >= 0.6 is 0 Å². The first-order chi connectivity index (χ1) is 14.0. The standard InChI is InChI=1S/C22H19NO6/c24-21-18-11-10-17(28-22(25)15-4-2-1-3-5-15)13-19(18)29-20(21)12-14-6-8-16(9-7-14)23(26)27/h6-13,15H,1-5H2/b20-12-. The van der Waals surface area contributed by atoms with E-state index in [1.165, 1.54) is 18.2 Å². The lowest BCUT2D eigenvalue weighted by Gasteiger charge is -2.19. The summed E-state index contributed by atoms with van der Waals surface area (Å²) in [6, 6.07) is 10.5. The summed E-state index contributed by atoms with van der Waals surface area (Å²) in [5.41, 5.74) is 0.963. The van der Waals surface area contributed by atoms with E-state index >= 15 is 0 Å². The van der Waals surface area contributed by atoms with Crippen LogP contribution in [0.15, 0.2) is 48.2 Å². The maximum atomic E-state index is 12.5. The predicted octanol–water partition coefficient (Wildman–Crippen LogP) is 4.70. The monoisotopic (exact) mass is 393 g/mol. The highest BCUT2D eigenvalue weighted by molar-refractivity contribution is 6.14. The third kappa shape index (κ3) is 4.03. The smallest absolute Gasteiger partial charge is 0.314 e. The van der Waals surface area contributed by atoms with Gasteiger partial charge in [-0.2, -0.15) is 0 Å². The number of carbonyl (C=O) groups excluding carboxylic acids is 2. The van der Waals surface area contributed by atoms with Gasteiger partial charge in [0.25, 0.3) is 5.69 Å². The molecule has 2 aliphatic rings. The summed E-state index contributed by atoms with van der Waals surface area (Å²) in [6.07, 6.45) is 6.46. The number of nitro benzene ring substituents is 1. The number of ether oxygens (including phenoxy) is 2. The van der Waals surface area contributed by atoms with Gasteiger partial charge in [-0.25, -0.2) is 0 Å². The van der Waals surface area contributed by atoms with Gasteiger partial charge in [0.1, 0.15) is 11.5 Å². The molecule has 1 fully saturated rings. The van der Waals surface area contributed by atoms with Gasteiger partial charge in [-0.05, 0) is 48.7 Å². The van der Waals surface area contributed by atoms with E-state index in [2.05, 4.69) is 0 Å². The number of rotatable bonds is 4. The molecule has 2 aromatic carbocycles. The van der Waals surface area contributed by atoms with Crippen LogP contribution in [0.4, 0.5) is 5.69 Å². The van der Waals surface area contributed by atoms with Crippen molar-refractivity contribution in [3.05, 3.63) is 69.5 Å². The van der Waals surface area contributed by atoms with Crippen LogP contribution in [0.25, 0.3) is 6.08 Å². The number of nitro groups is 1. The summed E-state index contributed by atoms with van der Waals surface area (Å²) >= 11 is 0. The van der Waals surface area contributed by atoms with Gasteiger partial charge < -0.3 is 9.47 Å². The van der Waals surface area contributed by atoms with Crippen molar-refractivity contribution in [3.8, 4) is 11.5 Å². The topological polar surface area (TPSA) is 95.7 Å². The fourth-order valence-electron chi connectivity index (χ4n) is 3.61. The van der Waals surface area contributed by atoms with Crippen LogP contribution in [0, 0.1) is 16.0 Å². The quantitative estimate of drug-likeness (QED) is 0.246. The zero-order valence-electron chi connectivity index (χ0n) is 15.6. The summed E-state index contributed by atoms with van der Waals surface area (Å²) in [6.45, 7) is 0. The van der Waals surface area contributed by atoms with Crippen LogP contribution in [-0.2, 0) is 4.79 Å². The zero-order valence-corrected chi connectivity index (χ0v) is 15.6. The van der Waals surface area contributed by atoms with Crippen LogP contribution in [0.3, 0.4) is 0 Å². The average molecular weight is 393 g/mol. The highest BCUT2D eigenvalue weighted by Crippen LogP contribution is 2.35. The predicted molar refractivity (Wildman–Crippen MR) is 105 cm³/mol. The Balaban J connectivity index is 1.49. The van der Waals surface area contributed by atoms with Crippen molar-refractivity contribution in [2.24, 2.45) is 5.92 Å². The maximum Gasteiger partial charge on any atom is 0.314 e. The second-order valence-corrected chi connectivity index (χ2v) is 7.20. The Morgan fingerprint density at radius 2 is 1.83 bits per heavy atom. The van der Waals surface area contributed by atoms with Gasteiger partial charge in [-0.1, -0.05) is 19.3 Å². The van der Waals surface area contributed by atoms with Crippen LogP contribution in [-0.4, -0.2) is 16.7 Å². The van der Waals surface area contributed by atoms with Gasteiger partial charge >= 0.3 is 5.97 Å². The Morgan fingerprint density at radius 1 is 1.10 bits per heavy atom. The van der Waals surface area contributed by atoms with Crippen molar-refractivity contribution in [1.29, 1.82) is 0 Å². The van der Waals surface area contributed by atoms with Gasteiger partial charge in [0.05, 0.1) is 16.4 Å². The summed E-state index contributed by atoms with van der Waals surface area (Å²) in [7, 11) is 0. The number of non-ortho nitro benzene ring substituents is 1. The fourth-order valence-corrected chi connectivity index (χ4v) is 3.61. The molecule has 148 valence electrons. The van der Waals surface area contributed by atoms with Gasteiger partial charge in [0, 0.05) is 18.2 Å². The number of benzene rings is 2. The minimum atomic E-state index is -0.486. The van der Waals surface area contributed by atoms with Crippen molar-refractivity contribution in [3.63, 3.8) is 0 Å². The van der Waals surface area contributed by atoms with E-state index in [1.807, 2.05) is 0 Å². The summed E-state index contributed by atoms with van der Waals surface area (Å²) < 4.78 is 11.1. The van der Waals surface area contributed by atoms with E-state index in [0.29, 0.717) is 22.6 Å². The van der Waals surface area contributed by atoms with Crippen molar-refractivity contribution >= 4 is 23.5 Å². The number of hydrogen-bond donors (Lipinski definition) is 0. The van der Waals surface area contributed by atoms with E-state index in [1.54, 1.807) is 30.3 Å². The van der Waals surface area contributed by atoms with E-state index in [0.717, 1.165) is 32.1 Å². The molecule has 0 unspecified atom stereocenters. The molecule has 7 nitrogen and oxygen atoms in total. The Bertz CT molecular complexity index is 1000.